The molecule has 138 valence electrons. The molecule has 3 aromatic heterocycles. The van der Waals surface area contributed by atoms with Gasteiger partial charge in [-0.1, -0.05) is 12.1 Å². The summed E-state index contributed by atoms with van der Waals surface area (Å²) in [5.74, 6) is -0.613. The number of methoxy groups -OCH3 is 1. The topological polar surface area (TPSA) is 111 Å². The van der Waals surface area contributed by atoms with E-state index in [9.17, 15) is 10.1 Å². The molecule has 0 aliphatic rings. The molecule has 3 heterocycles. The summed E-state index contributed by atoms with van der Waals surface area (Å²) in [7, 11) is 1.27. The van der Waals surface area contributed by atoms with E-state index in [4.69, 9.17) is 10.5 Å². The Hall–Kier alpha value is -4.12. The van der Waals surface area contributed by atoms with Gasteiger partial charge in [-0.15, -0.1) is 0 Å². The molecular formula is C20H16N6O2. The molecule has 0 saturated heterocycles. The average Bonchev–Trinajstić information content (AvgIpc) is 3.26. The van der Waals surface area contributed by atoms with Crippen molar-refractivity contribution in [3.05, 3.63) is 65.7 Å². The van der Waals surface area contributed by atoms with Crippen LogP contribution in [0.2, 0.25) is 0 Å². The molecule has 8 heteroatoms. The first-order valence-corrected chi connectivity index (χ1v) is 8.45. The van der Waals surface area contributed by atoms with Crippen LogP contribution in [0.3, 0.4) is 0 Å². The van der Waals surface area contributed by atoms with Crippen LogP contribution in [-0.4, -0.2) is 32.2 Å². The first-order chi connectivity index (χ1) is 13.5. The number of hydrogen-bond donors (Lipinski definition) is 1. The van der Waals surface area contributed by atoms with Gasteiger partial charge < -0.3 is 15.0 Å². The maximum Gasteiger partial charge on any atom is 0.357 e. The Balaban J connectivity index is 1.91. The van der Waals surface area contributed by atoms with Gasteiger partial charge in [-0.25, -0.2) is 14.3 Å². The fourth-order valence-electron chi connectivity index (χ4n) is 3.16. The number of aromatic nitrogens is 4. The van der Waals surface area contributed by atoms with Crippen molar-refractivity contribution in [1.29, 1.82) is 5.26 Å². The van der Waals surface area contributed by atoms with Gasteiger partial charge >= 0.3 is 5.97 Å². The first kappa shape index (κ1) is 17.3. The fourth-order valence-corrected chi connectivity index (χ4v) is 3.16. The molecule has 0 fully saturated rings. The zero-order valence-corrected chi connectivity index (χ0v) is 15.2. The Kier molecular flexibility index (Phi) is 4.05. The minimum atomic E-state index is -0.613. The second-order valence-electron chi connectivity index (χ2n) is 6.21. The number of rotatable bonds is 3. The van der Waals surface area contributed by atoms with E-state index in [2.05, 4.69) is 10.1 Å². The number of benzene rings is 1. The Bertz CT molecular complexity index is 1260. The van der Waals surface area contributed by atoms with Crippen LogP contribution < -0.4 is 5.73 Å². The number of carbonyl (C=O) groups is 1. The lowest BCUT2D eigenvalue weighted by Gasteiger charge is -2.11. The highest BCUT2D eigenvalue weighted by molar-refractivity contribution is 5.96. The van der Waals surface area contributed by atoms with Crippen LogP contribution in [0.1, 0.15) is 21.7 Å². The van der Waals surface area contributed by atoms with Gasteiger partial charge in [0.1, 0.15) is 6.07 Å². The number of nitrogen functional groups attached to an aromatic ring is 1. The predicted octanol–water partition coefficient (Wildman–Crippen LogP) is 2.74. The molecule has 0 saturated carbocycles. The number of hydrogen-bond acceptors (Lipinski definition) is 6. The lowest BCUT2D eigenvalue weighted by molar-refractivity contribution is 0.0593. The second-order valence-corrected chi connectivity index (χ2v) is 6.21. The van der Waals surface area contributed by atoms with Gasteiger partial charge in [-0.3, -0.25) is 0 Å². The third-order valence-electron chi connectivity index (χ3n) is 4.44. The van der Waals surface area contributed by atoms with Crippen LogP contribution in [0, 0.1) is 18.3 Å². The number of carbonyl (C=O) groups excluding carboxylic acids is 1. The van der Waals surface area contributed by atoms with Crippen molar-refractivity contribution in [2.45, 2.75) is 6.92 Å². The average molecular weight is 372 g/mol. The van der Waals surface area contributed by atoms with Crippen molar-refractivity contribution in [2.75, 3.05) is 12.8 Å². The molecule has 1 aromatic carbocycles. The van der Waals surface area contributed by atoms with Gasteiger partial charge in [0.2, 0.25) is 0 Å². The third-order valence-corrected chi connectivity index (χ3v) is 4.44. The maximum absolute atomic E-state index is 12.2. The van der Waals surface area contributed by atoms with E-state index in [0.717, 1.165) is 22.6 Å². The van der Waals surface area contributed by atoms with E-state index in [1.54, 1.807) is 15.3 Å². The summed E-state index contributed by atoms with van der Waals surface area (Å²) in [6, 6.07) is 13.3. The molecule has 0 spiro atoms. The summed E-state index contributed by atoms with van der Waals surface area (Å²) in [6.07, 6.45) is 3.25. The van der Waals surface area contributed by atoms with Crippen molar-refractivity contribution in [3.63, 3.8) is 0 Å². The SMILES string of the molecule is COC(=O)c1c(N)c(C#N)cn1-c1cccc(-c2ccnc3cc(C)nn23)c1. The number of ether oxygens (including phenoxy) is 1. The Morgan fingerprint density at radius 1 is 1.29 bits per heavy atom. The van der Waals surface area contributed by atoms with E-state index < -0.39 is 5.97 Å². The van der Waals surface area contributed by atoms with Gasteiger partial charge in [-0.2, -0.15) is 10.4 Å². The molecule has 0 aliphatic carbocycles. The number of anilines is 1. The van der Waals surface area contributed by atoms with E-state index in [1.807, 2.05) is 49.4 Å². The lowest BCUT2D eigenvalue weighted by Crippen LogP contribution is -2.11. The smallest absolute Gasteiger partial charge is 0.357 e. The summed E-state index contributed by atoms with van der Waals surface area (Å²) in [6.45, 7) is 1.91. The molecule has 0 amide bonds. The number of nitriles is 1. The van der Waals surface area contributed by atoms with Crippen LogP contribution in [0.5, 0.6) is 0 Å². The van der Waals surface area contributed by atoms with Crippen LogP contribution in [-0.2, 0) is 4.74 Å². The highest BCUT2D eigenvalue weighted by Crippen LogP contribution is 2.28. The Morgan fingerprint density at radius 2 is 2.11 bits per heavy atom. The first-order valence-electron chi connectivity index (χ1n) is 8.45. The summed E-state index contributed by atoms with van der Waals surface area (Å²) < 4.78 is 8.17. The Labute approximate surface area is 160 Å². The predicted molar refractivity (Wildman–Crippen MR) is 103 cm³/mol. The van der Waals surface area contributed by atoms with Gasteiger partial charge in [-0.05, 0) is 25.1 Å². The van der Waals surface area contributed by atoms with E-state index >= 15 is 0 Å². The van der Waals surface area contributed by atoms with E-state index in [1.165, 1.54) is 13.3 Å². The standard InChI is InChI=1S/C20H16N6O2/c1-12-8-17-23-7-6-16(26(17)24-12)13-4-3-5-15(9-13)25-11-14(10-21)18(22)19(25)20(27)28-2/h3-9,11H,22H2,1-2H3. The number of aryl methyl sites for hydroxylation is 1. The van der Waals surface area contributed by atoms with E-state index in [-0.39, 0.29) is 16.9 Å². The normalized spacial score (nSPS) is 10.8. The molecule has 0 bridgehead atoms. The molecule has 4 aromatic rings. The summed E-state index contributed by atoms with van der Waals surface area (Å²) in [4.78, 5) is 16.6. The van der Waals surface area contributed by atoms with Crippen LogP contribution in [0.15, 0.2) is 48.8 Å². The number of nitrogens with zero attached hydrogens (tertiary/aromatic N) is 5. The number of esters is 1. The third kappa shape index (κ3) is 2.66. The number of fused-ring (bicyclic) bond motifs is 1. The van der Waals surface area contributed by atoms with Gasteiger partial charge in [0.05, 0.1) is 29.7 Å². The monoisotopic (exact) mass is 372 g/mol. The zero-order chi connectivity index (χ0) is 19.8. The molecule has 8 nitrogen and oxygen atoms in total. The van der Waals surface area contributed by atoms with Crippen molar-refractivity contribution >= 4 is 17.3 Å². The molecule has 2 N–H and O–H groups in total. The van der Waals surface area contributed by atoms with E-state index in [0.29, 0.717) is 5.69 Å². The fraction of sp³-hybridized carbons (Fsp3) is 0.100. The van der Waals surface area contributed by atoms with Crippen LogP contribution >= 0.6 is 0 Å². The minimum absolute atomic E-state index is 0.0914. The summed E-state index contributed by atoms with van der Waals surface area (Å²) in [5.41, 5.74) is 10.4. The number of nitrogens with two attached hydrogens (primary N) is 1. The summed E-state index contributed by atoms with van der Waals surface area (Å²) in [5, 5.41) is 13.8. The minimum Gasteiger partial charge on any atom is -0.464 e. The lowest BCUT2D eigenvalue weighted by atomic mass is 10.1. The maximum atomic E-state index is 12.2. The molecule has 4 rings (SSSR count). The highest BCUT2D eigenvalue weighted by Gasteiger charge is 2.22. The van der Waals surface area contributed by atoms with Crippen molar-refractivity contribution in [2.24, 2.45) is 0 Å². The van der Waals surface area contributed by atoms with Crippen LogP contribution in [0.25, 0.3) is 22.6 Å². The van der Waals surface area contributed by atoms with Gasteiger partial charge in [0.15, 0.2) is 11.3 Å². The Morgan fingerprint density at radius 3 is 2.86 bits per heavy atom. The zero-order valence-electron chi connectivity index (χ0n) is 15.2. The summed E-state index contributed by atoms with van der Waals surface area (Å²) >= 11 is 0. The quantitative estimate of drug-likeness (QED) is 0.554. The van der Waals surface area contributed by atoms with Crippen molar-refractivity contribution < 1.29 is 9.53 Å². The molecule has 0 aliphatic heterocycles. The largest absolute Gasteiger partial charge is 0.464 e. The highest BCUT2D eigenvalue weighted by atomic mass is 16.5. The molecule has 0 atom stereocenters. The van der Waals surface area contributed by atoms with Crippen molar-refractivity contribution in [3.8, 4) is 23.0 Å². The molecule has 28 heavy (non-hydrogen) atoms. The van der Waals surface area contributed by atoms with Crippen LogP contribution in [0.4, 0.5) is 5.69 Å². The van der Waals surface area contributed by atoms with Gasteiger partial charge in [0.25, 0.3) is 0 Å². The van der Waals surface area contributed by atoms with Crippen molar-refractivity contribution in [1.82, 2.24) is 19.2 Å². The second kappa shape index (κ2) is 6.55. The molecule has 0 unspecified atom stereocenters. The molecule has 0 radical (unpaired) electrons. The van der Waals surface area contributed by atoms with Gasteiger partial charge in [0, 0.05) is 29.7 Å². The molecular weight excluding hydrogens is 356 g/mol.